The van der Waals surface area contributed by atoms with Crippen LogP contribution in [-0.2, 0) is 9.59 Å². The van der Waals surface area contributed by atoms with E-state index in [0.29, 0.717) is 31.1 Å². The summed E-state index contributed by atoms with van der Waals surface area (Å²) < 4.78 is 5.56. The van der Waals surface area contributed by atoms with Gasteiger partial charge in [-0.2, -0.15) is 0 Å². The lowest BCUT2D eigenvalue weighted by Crippen LogP contribution is -2.50. The predicted molar refractivity (Wildman–Crippen MR) is 124 cm³/mol. The van der Waals surface area contributed by atoms with Gasteiger partial charge in [0, 0.05) is 31.9 Å². The minimum Gasteiger partial charge on any atom is -0.492 e. The normalized spacial score (nSPS) is 14.8. The lowest BCUT2D eigenvalue weighted by molar-refractivity contribution is -0.120. The second kappa shape index (κ2) is 10.9. The van der Waals surface area contributed by atoms with Crippen LogP contribution in [0.15, 0.2) is 42.5 Å². The van der Waals surface area contributed by atoms with E-state index < -0.39 is 0 Å². The minimum absolute atomic E-state index is 0.00701. The number of carbonyl (C=O) groups excluding carboxylic acids is 2. The second-order valence-electron chi connectivity index (χ2n) is 7.83. The molecule has 1 aliphatic rings. The molecule has 1 saturated heterocycles. The molecule has 2 N–H and O–H groups in total. The highest BCUT2D eigenvalue weighted by molar-refractivity contribution is 5.94. The molecule has 0 aromatic heterocycles. The maximum Gasteiger partial charge on any atom is 0.238 e. The molecule has 3 rings (SSSR count). The molecule has 166 valence electrons. The van der Waals surface area contributed by atoms with Gasteiger partial charge in [-0.25, -0.2) is 0 Å². The number of para-hydroxylation sites is 2. The number of hydrogen-bond donors (Lipinski definition) is 2. The summed E-state index contributed by atoms with van der Waals surface area (Å²) in [5.41, 5.74) is 3.81. The zero-order chi connectivity index (χ0) is 22.2. The van der Waals surface area contributed by atoms with Gasteiger partial charge in [0.25, 0.3) is 0 Å². The summed E-state index contributed by atoms with van der Waals surface area (Å²) in [6.45, 7) is 10.2. The summed E-state index contributed by atoms with van der Waals surface area (Å²) in [6, 6.07) is 13.4. The zero-order valence-corrected chi connectivity index (χ0v) is 18.6. The molecule has 0 radical (unpaired) electrons. The van der Waals surface area contributed by atoms with E-state index in [-0.39, 0.29) is 11.8 Å². The highest BCUT2D eigenvalue weighted by atomic mass is 16.5. The Balaban J connectivity index is 1.43. The van der Waals surface area contributed by atoms with Gasteiger partial charge in [-0.15, -0.1) is 0 Å². The first kappa shape index (κ1) is 22.8. The largest absolute Gasteiger partial charge is 0.492 e. The fourth-order valence-electron chi connectivity index (χ4n) is 3.63. The van der Waals surface area contributed by atoms with Crippen LogP contribution >= 0.6 is 0 Å². The van der Waals surface area contributed by atoms with Crippen LogP contribution in [0, 0.1) is 13.8 Å². The Morgan fingerprint density at radius 3 is 2.00 bits per heavy atom. The Bertz CT molecular complexity index is 907. The lowest BCUT2D eigenvalue weighted by Gasteiger charge is -2.33. The van der Waals surface area contributed by atoms with Crippen molar-refractivity contribution in [2.45, 2.75) is 20.8 Å². The van der Waals surface area contributed by atoms with Crippen molar-refractivity contribution in [3.8, 4) is 5.75 Å². The summed E-state index contributed by atoms with van der Waals surface area (Å²) in [5.74, 6) is 0.610. The summed E-state index contributed by atoms with van der Waals surface area (Å²) in [6.07, 6.45) is 0. The van der Waals surface area contributed by atoms with Crippen LogP contribution in [0.4, 0.5) is 11.4 Å². The monoisotopic (exact) mass is 424 g/mol. The van der Waals surface area contributed by atoms with Gasteiger partial charge < -0.3 is 15.4 Å². The quantitative estimate of drug-likeness (QED) is 0.682. The molecule has 1 heterocycles. The van der Waals surface area contributed by atoms with E-state index in [1.54, 1.807) is 0 Å². The summed E-state index contributed by atoms with van der Waals surface area (Å²) in [5, 5.41) is 5.95. The van der Waals surface area contributed by atoms with Gasteiger partial charge in [0.1, 0.15) is 5.75 Å². The number of rotatable bonds is 8. The van der Waals surface area contributed by atoms with E-state index in [1.807, 2.05) is 63.2 Å². The Morgan fingerprint density at radius 1 is 0.839 bits per heavy atom. The van der Waals surface area contributed by atoms with Crippen molar-refractivity contribution >= 4 is 23.2 Å². The van der Waals surface area contributed by atoms with Gasteiger partial charge in [0.2, 0.25) is 11.8 Å². The maximum absolute atomic E-state index is 12.5. The topological polar surface area (TPSA) is 73.9 Å². The lowest BCUT2D eigenvalue weighted by atomic mass is 10.1. The minimum atomic E-state index is -0.0618. The maximum atomic E-state index is 12.5. The molecule has 2 amide bonds. The van der Waals surface area contributed by atoms with Crippen LogP contribution in [0.1, 0.15) is 18.1 Å². The standard InChI is InChI=1S/C24H32N4O3/c1-4-31-22-11-6-5-9-21(22)26-24(30)17-28-14-12-27(13-15-28)16-23(29)25-20-10-7-8-18(2)19(20)3/h5-11H,4,12-17H2,1-3H3,(H,25,29)(H,26,30). The molecule has 1 aliphatic heterocycles. The van der Waals surface area contributed by atoms with E-state index in [1.165, 1.54) is 0 Å². The number of nitrogens with zero attached hydrogens (tertiary/aromatic N) is 2. The molecule has 0 atom stereocenters. The van der Waals surface area contributed by atoms with Gasteiger partial charge in [-0.05, 0) is 50.1 Å². The highest BCUT2D eigenvalue weighted by Gasteiger charge is 2.21. The van der Waals surface area contributed by atoms with E-state index in [4.69, 9.17) is 4.74 Å². The number of amides is 2. The molecule has 2 aromatic carbocycles. The fraction of sp³-hybridized carbons (Fsp3) is 0.417. The number of hydrogen-bond acceptors (Lipinski definition) is 5. The smallest absolute Gasteiger partial charge is 0.238 e. The predicted octanol–water partition coefficient (Wildman–Crippen LogP) is 2.90. The van der Waals surface area contributed by atoms with Crippen molar-refractivity contribution in [1.82, 2.24) is 9.80 Å². The van der Waals surface area contributed by atoms with Crippen molar-refractivity contribution in [1.29, 1.82) is 0 Å². The Kier molecular flexibility index (Phi) is 8.03. The van der Waals surface area contributed by atoms with Gasteiger partial charge in [-0.3, -0.25) is 19.4 Å². The molecule has 7 heteroatoms. The molecule has 2 aromatic rings. The Labute approximate surface area is 184 Å². The number of aryl methyl sites for hydroxylation is 1. The number of ether oxygens (including phenoxy) is 1. The van der Waals surface area contributed by atoms with Crippen LogP contribution in [0.25, 0.3) is 0 Å². The van der Waals surface area contributed by atoms with E-state index in [2.05, 4.69) is 20.4 Å². The third-order valence-corrected chi connectivity index (χ3v) is 5.54. The molecular weight excluding hydrogens is 392 g/mol. The molecule has 0 bridgehead atoms. The Hall–Kier alpha value is -2.90. The number of benzene rings is 2. The van der Waals surface area contributed by atoms with Crippen LogP contribution in [0.5, 0.6) is 5.75 Å². The van der Waals surface area contributed by atoms with Crippen molar-refractivity contribution < 1.29 is 14.3 Å². The Morgan fingerprint density at radius 2 is 1.39 bits per heavy atom. The van der Waals surface area contributed by atoms with Gasteiger partial charge in [0.15, 0.2) is 0 Å². The highest BCUT2D eigenvalue weighted by Crippen LogP contribution is 2.23. The van der Waals surface area contributed by atoms with E-state index in [9.17, 15) is 9.59 Å². The van der Waals surface area contributed by atoms with E-state index >= 15 is 0 Å². The fourth-order valence-corrected chi connectivity index (χ4v) is 3.63. The second-order valence-corrected chi connectivity index (χ2v) is 7.83. The number of nitrogens with one attached hydrogen (secondary N) is 2. The van der Waals surface area contributed by atoms with Crippen molar-refractivity contribution in [2.24, 2.45) is 0 Å². The third kappa shape index (κ3) is 6.54. The van der Waals surface area contributed by atoms with Gasteiger partial charge in [0.05, 0.1) is 25.4 Å². The van der Waals surface area contributed by atoms with Crippen molar-refractivity contribution in [3.05, 3.63) is 53.6 Å². The first-order valence-corrected chi connectivity index (χ1v) is 10.8. The number of anilines is 2. The molecule has 0 unspecified atom stereocenters. The molecule has 1 fully saturated rings. The van der Waals surface area contributed by atoms with Crippen LogP contribution in [-0.4, -0.2) is 67.5 Å². The summed E-state index contributed by atoms with van der Waals surface area (Å²) in [4.78, 5) is 29.2. The average Bonchev–Trinajstić information content (AvgIpc) is 2.74. The van der Waals surface area contributed by atoms with Crippen LogP contribution < -0.4 is 15.4 Å². The molecule has 31 heavy (non-hydrogen) atoms. The van der Waals surface area contributed by atoms with Crippen molar-refractivity contribution in [2.75, 3.05) is 56.5 Å². The molecule has 0 spiro atoms. The molecular formula is C24H32N4O3. The average molecular weight is 425 g/mol. The summed E-state index contributed by atoms with van der Waals surface area (Å²) in [7, 11) is 0. The summed E-state index contributed by atoms with van der Waals surface area (Å²) >= 11 is 0. The molecule has 0 aliphatic carbocycles. The van der Waals surface area contributed by atoms with Gasteiger partial charge in [-0.1, -0.05) is 24.3 Å². The first-order chi connectivity index (χ1) is 15.0. The van der Waals surface area contributed by atoms with Gasteiger partial charge >= 0.3 is 0 Å². The van der Waals surface area contributed by atoms with E-state index in [0.717, 1.165) is 43.0 Å². The van der Waals surface area contributed by atoms with Crippen molar-refractivity contribution in [3.63, 3.8) is 0 Å². The number of piperazine rings is 1. The first-order valence-electron chi connectivity index (χ1n) is 10.8. The number of carbonyl (C=O) groups is 2. The third-order valence-electron chi connectivity index (χ3n) is 5.54. The molecule has 7 nitrogen and oxygen atoms in total. The molecule has 0 saturated carbocycles. The SMILES string of the molecule is CCOc1ccccc1NC(=O)CN1CCN(CC(=O)Nc2cccc(C)c2C)CC1. The zero-order valence-electron chi connectivity index (χ0n) is 18.6. The van der Waals surface area contributed by atoms with Crippen LogP contribution in [0.3, 0.4) is 0 Å². The van der Waals surface area contributed by atoms with Crippen LogP contribution in [0.2, 0.25) is 0 Å².